The summed E-state index contributed by atoms with van der Waals surface area (Å²) < 4.78 is 0. The van der Waals surface area contributed by atoms with Crippen molar-refractivity contribution < 1.29 is 0 Å². The molecule has 1 N–H and O–H groups in total. The number of nitrogens with one attached hydrogen (secondary N) is 1. The maximum Gasteiger partial charge on any atom is 0.00684 e. The van der Waals surface area contributed by atoms with Crippen molar-refractivity contribution in [1.29, 1.82) is 0 Å². The van der Waals surface area contributed by atoms with E-state index in [1.807, 2.05) is 11.8 Å². The van der Waals surface area contributed by atoms with E-state index in [1.54, 1.807) is 0 Å². The predicted octanol–water partition coefficient (Wildman–Crippen LogP) is 3.97. The normalized spacial score (nSPS) is 16.8. The number of hydrogen-bond donors (Lipinski definition) is 1. The molecule has 1 aromatic rings. The summed E-state index contributed by atoms with van der Waals surface area (Å²) in [5.41, 5.74) is 2.90. The molecule has 1 atom stereocenters. The van der Waals surface area contributed by atoms with Crippen LogP contribution in [0.3, 0.4) is 0 Å². The third-order valence-electron chi connectivity index (χ3n) is 3.64. The smallest absolute Gasteiger partial charge is 0.00684 e. The highest BCUT2D eigenvalue weighted by molar-refractivity contribution is 7.98. The Kier molecular flexibility index (Phi) is 5.58. The zero-order chi connectivity index (χ0) is 12.8. The van der Waals surface area contributed by atoms with Crippen LogP contribution in [-0.2, 0) is 0 Å². The standard InChI is InChI=1S/C16H25NS/c1-13-5-3-6-14(11-13)15(7-4-10-18-2)12-17-16-8-9-16/h3,5-6,11,15-17H,4,7-10,12H2,1-2H3. The SMILES string of the molecule is CSCCCC(CNC1CC1)c1cccc(C)c1. The Hall–Kier alpha value is -0.470. The molecule has 0 spiro atoms. The second-order valence-electron chi connectivity index (χ2n) is 5.43. The van der Waals surface area contributed by atoms with Crippen LogP contribution in [-0.4, -0.2) is 24.6 Å². The molecule has 1 aliphatic rings. The van der Waals surface area contributed by atoms with Gasteiger partial charge in [-0.2, -0.15) is 11.8 Å². The van der Waals surface area contributed by atoms with Crippen molar-refractivity contribution in [2.75, 3.05) is 18.6 Å². The number of hydrogen-bond acceptors (Lipinski definition) is 2. The molecule has 1 aromatic carbocycles. The first kappa shape index (κ1) is 14.0. The number of thioether (sulfide) groups is 1. The third-order valence-corrected chi connectivity index (χ3v) is 4.34. The van der Waals surface area contributed by atoms with Gasteiger partial charge >= 0.3 is 0 Å². The molecule has 0 radical (unpaired) electrons. The van der Waals surface area contributed by atoms with Crippen LogP contribution >= 0.6 is 11.8 Å². The van der Waals surface area contributed by atoms with Crippen molar-refractivity contribution >= 4 is 11.8 Å². The molecule has 0 bridgehead atoms. The number of aryl methyl sites for hydroxylation is 1. The average Bonchev–Trinajstić information content (AvgIpc) is 3.17. The Morgan fingerprint density at radius 3 is 2.89 bits per heavy atom. The van der Waals surface area contributed by atoms with E-state index in [-0.39, 0.29) is 0 Å². The van der Waals surface area contributed by atoms with Crippen LogP contribution in [0.5, 0.6) is 0 Å². The molecular formula is C16H25NS. The van der Waals surface area contributed by atoms with Gasteiger partial charge in [0.05, 0.1) is 0 Å². The van der Waals surface area contributed by atoms with Crippen LogP contribution in [0.2, 0.25) is 0 Å². The van der Waals surface area contributed by atoms with Gasteiger partial charge in [0.1, 0.15) is 0 Å². The van der Waals surface area contributed by atoms with Gasteiger partial charge in [0.2, 0.25) is 0 Å². The van der Waals surface area contributed by atoms with Gasteiger partial charge in [-0.05, 0) is 56.1 Å². The molecule has 1 aliphatic carbocycles. The maximum atomic E-state index is 3.69. The highest BCUT2D eigenvalue weighted by atomic mass is 32.2. The van der Waals surface area contributed by atoms with Gasteiger partial charge in [-0.1, -0.05) is 29.8 Å². The van der Waals surface area contributed by atoms with E-state index in [4.69, 9.17) is 0 Å². The van der Waals surface area contributed by atoms with Crippen molar-refractivity contribution in [3.8, 4) is 0 Å². The lowest BCUT2D eigenvalue weighted by atomic mass is 9.93. The zero-order valence-electron chi connectivity index (χ0n) is 11.6. The Morgan fingerprint density at radius 1 is 1.39 bits per heavy atom. The van der Waals surface area contributed by atoms with Crippen molar-refractivity contribution in [1.82, 2.24) is 5.32 Å². The van der Waals surface area contributed by atoms with Crippen LogP contribution < -0.4 is 5.32 Å². The third kappa shape index (κ3) is 4.66. The first-order chi connectivity index (χ1) is 8.79. The van der Waals surface area contributed by atoms with Crippen LogP contribution in [0.15, 0.2) is 24.3 Å². The van der Waals surface area contributed by atoms with E-state index < -0.39 is 0 Å². The van der Waals surface area contributed by atoms with Crippen LogP contribution in [0, 0.1) is 6.92 Å². The monoisotopic (exact) mass is 263 g/mol. The minimum atomic E-state index is 0.692. The maximum absolute atomic E-state index is 3.69. The van der Waals surface area contributed by atoms with Gasteiger partial charge in [-0.3, -0.25) is 0 Å². The van der Waals surface area contributed by atoms with E-state index in [2.05, 4.69) is 42.8 Å². The molecule has 1 saturated carbocycles. The molecule has 1 fully saturated rings. The first-order valence-electron chi connectivity index (χ1n) is 7.08. The summed E-state index contributed by atoms with van der Waals surface area (Å²) >= 11 is 1.96. The summed E-state index contributed by atoms with van der Waals surface area (Å²) in [4.78, 5) is 0. The fourth-order valence-electron chi connectivity index (χ4n) is 2.38. The lowest BCUT2D eigenvalue weighted by Gasteiger charge is -2.18. The molecule has 0 saturated heterocycles. The summed E-state index contributed by atoms with van der Waals surface area (Å²) in [5, 5.41) is 3.69. The molecule has 2 rings (SSSR count). The number of rotatable bonds is 8. The van der Waals surface area contributed by atoms with Crippen molar-refractivity contribution in [3.63, 3.8) is 0 Å². The van der Waals surface area contributed by atoms with Crippen molar-refractivity contribution in [2.24, 2.45) is 0 Å². The summed E-state index contributed by atoms with van der Waals surface area (Å²) in [7, 11) is 0. The summed E-state index contributed by atoms with van der Waals surface area (Å²) in [6.45, 7) is 3.35. The predicted molar refractivity (Wildman–Crippen MR) is 82.6 cm³/mol. The molecule has 1 nitrogen and oxygen atoms in total. The molecule has 2 heteroatoms. The summed E-state index contributed by atoms with van der Waals surface area (Å²) in [6, 6.07) is 9.86. The fraction of sp³-hybridized carbons (Fsp3) is 0.625. The highest BCUT2D eigenvalue weighted by Gasteiger charge is 2.22. The van der Waals surface area contributed by atoms with Crippen molar-refractivity contribution in [2.45, 2.75) is 44.6 Å². The molecule has 0 heterocycles. The quantitative estimate of drug-likeness (QED) is 0.712. The lowest BCUT2D eigenvalue weighted by molar-refractivity contribution is 0.544. The van der Waals surface area contributed by atoms with E-state index in [9.17, 15) is 0 Å². The van der Waals surface area contributed by atoms with Gasteiger partial charge in [0, 0.05) is 12.6 Å². The largest absolute Gasteiger partial charge is 0.313 e. The Morgan fingerprint density at radius 2 is 2.22 bits per heavy atom. The number of benzene rings is 1. The summed E-state index contributed by atoms with van der Waals surface area (Å²) in [5.74, 6) is 1.98. The van der Waals surface area contributed by atoms with Crippen LogP contribution in [0.25, 0.3) is 0 Å². The second kappa shape index (κ2) is 7.20. The Labute approximate surface area is 116 Å². The molecule has 0 aliphatic heterocycles. The molecule has 18 heavy (non-hydrogen) atoms. The minimum absolute atomic E-state index is 0.692. The van der Waals surface area contributed by atoms with Gasteiger partial charge < -0.3 is 5.32 Å². The van der Waals surface area contributed by atoms with Gasteiger partial charge in [-0.25, -0.2) is 0 Å². The van der Waals surface area contributed by atoms with E-state index in [1.165, 1.54) is 42.6 Å². The van der Waals surface area contributed by atoms with Crippen molar-refractivity contribution in [3.05, 3.63) is 35.4 Å². The van der Waals surface area contributed by atoms with Gasteiger partial charge in [-0.15, -0.1) is 0 Å². The molecule has 0 amide bonds. The lowest BCUT2D eigenvalue weighted by Crippen LogP contribution is -2.23. The molecule has 0 aromatic heterocycles. The second-order valence-corrected chi connectivity index (χ2v) is 6.41. The fourth-order valence-corrected chi connectivity index (χ4v) is 2.84. The van der Waals surface area contributed by atoms with Gasteiger partial charge in [0.15, 0.2) is 0 Å². The summed E-state index contributed by atoms with van der Waals surface area (Å²) in [6.07, 6.45) is 7.59. The first-order valence-corrected chi connectivity index (χ1v) is 8.48. The topological polar surface area (TPSA) is 12.0 Å². The van der Waals surface area contributed by atoms with Crippen LogP contribution in [0.1, 0.15) is 42.7 Å². The molecule has 1 unspecified atom stereocenters. The van der Waals surface area contributed by atoms with Gasteiger partial charge in [0.25, 0.3) is 0 Å². The molecular weight excluding hydrogens is 238 g/mol. The average molecular weight is 263 g/mol. The Bertz CT molecular complexity index is 360. The van der Waals surface area contributed by atoms with Crippen LogP contribution in [0.4, 0.5) is 0 Å². The van der Waals surface area contributed by atoms with E-state index >= 15 is 0 Å². The van der Waals surface area contributed by atoms with E-state index in [0.29, 0.717) is 5.92 Å². The minimum Gasteiger partial charge on any atom is -0.313 e. The Balaban J connectivity index is 1.92. The molecule has 100 valence electrons. The van der Waals surface area contributed by atoms with E-state index in [0.717, 1.165) is 12.6 Å². The highest BCUT2D eigenvalue weighted by Crippen LogP contribution is 2.25. The zero-order valence-corrected chi connectivity index (χ0v) is 12.4.